The van der Waals surface area contributed by atoms with Crippen LogP contribution in [0.15, 0.2) is 30.9 Å². The van der Waals surface area contributed by atoms with Crippen molar-refractivity contribution in [3.8, 4) is 11.3 Å². The van der Waals surface area contributed by atoms with Gasteiger partial charge in [0.05, 0.1) is 5.69 Å². The van der Waals surface area contributed by atoms with Crippen molar-refractivity contribution >= 4 is 16.9 Å². The number of carbonyl (C=O) groups is 1. The maximum atomic E-state index is 12.8. The van der Waals surface area contributed by atoms with E-state index in [1.165, 1.54) is 0 Å². The molecular formula is C18H25N5O. The molecule has 3 rings (SSSR count). The summed E-state index contributed by atoms with van der Waals surface area (Å²) < 4.78 is 1.88. The first-order valence-corrected chi connectivity index (χ1v) is 8.39. The first-order chi connectivity index (χ1) is 11.7. The minimum atomic E-state index is 0. The number of hydrogen-bond acceptors (Lipinski definition) is 3. The molecule has 0 unspecified atom stereocenters. The Bertz CT molecular complexity index is 854. The summed E-state index contributed by atoms with van der Waals surface area (Å²) in [4.78, 5) is 26.4. The molecule has 0 spiro atoms. The van der Waals surface area contributed by atoms with Gasteiger partial charge in [0.2, 0.25) is 0 Å². The van der Waals surface area contributed by atoms with E-state index in [4.69, 9.17) is 0 Å². The molecule has 3 aromatic heterocycles. The third-order valence-corrected chi connectivity index (χ3v) is 4.30. The van der Waals surface area contributed by atoms with Gasteiger partial charge >= 0.3 is 0 Å². The number of nitrogens with zero attached hydrogens (tertiary/aromatic N) is 4. The average molecular weight is 327 g/mol. The highest BCUT2D eigenvalue weighted by atomic mass is 16.2. The van der Waals surface area contributed by atoms with Gasteiger partial charge in [0.25, 0.3) is 5.91 Å². The maximum Gasteiger partial charge on any atom is 0.270 e. The Morgan fingerprint density at radius 1 is 1.38 bits per heavy atom. The van der Waals surface area contributed by atoms with Gasteiger partial charge in [-0.2, -0.15) is 0 Å². The minimum Gasteiger partial charge on any atom is -0.346 e. The molecule has 0 aliphatic rings. The minimum absolute atomic E-state index is 0. The Morgan fingerprint density at radius 2 is 2.21 bits per heavy atom. The highest BCUT2D eigenvalue weighted by Crippen LogP contribution is 2.26. The van der Waals surface area contributed by atoms with Crippen LogP contribution in [-0.2, 0) is 7.05 Å². The van der Waals surface area contributed by atoms with E-state index in [0.717, 1.165) is 48.2 Å². The molecule has 6 heteroatoms. The predicted octanol–water partition coefficient (Wildman–Crippen LogP) is 3.47. The summed E-state index contributed by atoms with van der Waals surface area (Å²) in [6, 6.07) is 3.88. The topological polar surface area (TPSA) is 66.8 Å². The lowest BCUT2D eigenvalue weighted by Crippen LogP contribution is -2.32. The van der Waals surface area contributed by atoms with Crippen molar-refractivity contribution in [3.05, 3.63) is 36.5 Å². The zero-order valence-electron chi connectivity index (χ0n) is 14.4. The summed E-state index contributed by atoms with van der Waals surface area (Å²) in [5, 5.41) is 0.959. The molecule has 0 radical (unpaired) electrons. The predicted molar refractivity (Wildman–Crippen MR) is 96.9 cm³/mol. The molecule has 6 nitrogen and oxygen atoms in total. The highest BCUT2D eigenvalue weighted by Gasteiger charge is 2.19. The van der Waals surface area contributed by atoms with Gasteiger partial charge in [-0.3, -0.25) is 4.79 Å². The van der Waals surface area contributed by atoms with Crippen LogP contribution in [0.25, 0.3) is 22.3 Å². The fourth-order valence-electron chi connectivity index (χ4n) is 2.92. The van der Waals surface area contributed by atoms with Gasteiger partial charge in [0, 0.05) is 44.9 Å². The molecule has 0 fully saturated rings. The lowest BCUT2D eigenvalue weighted by molar-refractivity contribution is 0.0753. The molecule has 24 heavy (non-hydrogen) atoms. The second-order valence-electron chi connectivity index (χ2n) is 5.93. The van der Waals surface area contributed by atoms with Gasteiger partial charge in [-0.15, -0.1) is 0 Å². The summed E-state index contributed by atoms with van der Waals surface area (Å²) in [6.45, 7) is 5.66. The molecule has 0 saturated heterocycles. The summed E-state index contributed by atoms with van der Waals surface area (Å²) >= 11 is 0. The SMILES string of the molecule is CCCCN(CC)C(=O)c1cc(-c2ncnc3[nH]ccc23)cn1C.[HH]. The molecule has 0 bridgehead atoms. The Kier molecular flexibility index (Phi) is 4.64. The van der Waals surface area contributed by atoms with Gasteiger partial charge in [0.1, 0.15) is 17.7 Å². The number of unbranched alkanes of at least 4 members (excludes halogenated alkanes) is 1. The number of rotatable bonds is 6. The number of amides is 1. The standard InChI is InChI=1S/C18H23N5O.H2/c1-4-6-9-23(5-2)18(24)15-10-13(11-22(15)3)16-14-7-8-19-17(14)21-12-20-16;/h7-8,10-12H,4-6,9H2,1-3H3,(H,19,20,21);1H. The molecule has 3 aromatic rings. The Hall–Kier alpha value is -2.63. The molecule has 0 aromatic carbocycles. The van der Waals surface area contributed by atoms with Gasteiger partial charge in [-0.25, -0.2) is 9.97 Å². The smallest absolute Gasteiger partial charge is 0.270 e. The van der Waals surface area contributed by atoms with Crippen molar-refractivity contribution in [2.75, 3.05) is 13.1 Å². The van der Waals surface area contributed by atoms with Gasteiger partial charge in [-0.05, 0) is 25.5 Å². The van der Waals surface area contributed by atoms with Gasteiger partial charge < -0.3 is 14.5 Å². The Morgan fingerprint density at radius 3 is 2.96 bits per heavy atom. The first kappa shape index (κ1) is 16.2. The monoisotopic (exact) mass is 327 g/mol. The molecule has 0 aliphatic carbocycles. The van der Waals surface area contributed by atoms with Crippen LogP contribution in [0.1, 0.15) is 38.6 Å². The average Bonchev–Trinajstić information content (AvgIpc) is 3.21. The fourth-order valence-corrected chi connectivity index (χ4v) is 2.92. The summed E-state index contributed by atoms with van der Waals surface area (Å²) in [5.41, 5.74) is 3.26. The van der Waals surface area contributed by atoms with Crippen molar-refractivity contribution in [1.29, 1.82) is 0 Å². The number of fused-ring (bicyclic) bond motifs is 1. The van der Waals surface area contributed by atoms with Crippen molar-refractivity contribution in [1.82, 2.24) is 24.4 Å². The van der Waals surface area contributed by atoms with E-state index in [9.17, 15) is 4.79 Å². The molecular weight excluding hydrogens is 302 g/mol. The second-order valence-corrected chi connectivity index (χ2v) is 5.93. The quantitative estimate of drug-likeness (QED) is 0.754. The Balaban J connectivity index is 0.00000225. The number of nitrogens with one attached hydrogen (secondary N) is 1. The zero-order valence-corrected chi connectivity index (χ0v) is 14.4. The number of carbonyl (C=O) groups excluding carboxylic acids is 1. The van der Waals surface area contributed by atoms with Crippen molar-refractivity contribution in [2.45, 2.75) is 26.7 Å². The third-order valence-electron chi connectivity index (χ3n) is 4.30. The van der Waals surface area contributed by atoms with Gasteiger partial charge in [0.15, 0.2) is 0 Å². The molecule has 3 heterocycles. The van der Waals surface area contributed by atoms with Crippen LogP contribution in [0.3, 0.4) is 0 Å². The zero-order chi connectivity index (χ0) is 17.1. The highest BCUT2D eigenvalue weighted by molar-refractivity contribution is 5.96. The van der Waals surface area contributed by atoms with Crippen LogP contribution in [-0.4, -0.2) is 43.4 Å². The largest absolute Gasteiger partial charge is 0.346 e. The van der Waals surface area contributed by atoms with E-state index in [1.807, 2.05) is 48.0 Å². The molecule has 0 atom stereocenters. The molecule has 128 valence electrons. The van der Waals surface area contributed by atoms with Crippen molar-refractivity contribution < 1.29 is 6.22 Å². The van der Waals surface area contributed by atoms with E-state index in [-0.39, 0.29) is 7.33 Å². The van der Waals surface area contributed by atoms with Crippen LogP contribution < -0.4 is 0 Å². The van der Waals surface area contributed by atoms with Gasteiger partial charge in [-0.1, -0.05) is 13.3 Å². The molecule has 1 N–H and O–H groups in total. The van der Waals surface area contributed by atoms with Crippen molar-refractivity contribution in [3.63, 3.8) is 0 Å². The van der Waals surface area contributed by atoms with E-state index < -0.39 is 0 Å². The third kappa shape index (κ3) is 2.91. The maximum absolute atomic E-state index is 12.8. The van der Waals surface area contributed by atoms with E-state index >= 15 is 0 Å². The Labute approximate surface area is 143 Å². The first-order valence-electron chi connectivity index (χ1n) is 8.39. The fraction of sp³-hybridized carbons (Fsp3) is 0.389. The molecule has 1 amide bonds. The second kappa shape index (κ2) is 6.86. The van der Waals surface area contributed by atoms with Crippen molar-refractivity contribution in [2.24, 2.45) is 7.05 Å². The molecule has 0 saturated carbocycles. The van der Waals surface area contributed by atoms with Crippen LogP contribution >= 0.6 is 0 Å². The number of aryl methyl sites for hydroxylation is 1. The summed E-state index contributed by atoms with van der Waals surface area (Å²) in [6.07, 6.45) is 7.45. The van der Waals surface area contributed by atoms with E-state index in [2.05, 4.69) is 21.9 Å². The number of H-pyrrole nitrogens is 1. The summed E-state index contributed by atoms with van der Waals surface area (Å²) in [5.74, 6) is 0.0686. The summed E-state index contributed by atoms with van der Waals surface area (Å²) in [7, 11) is 1.90. The van der Waals surface area contributed by atoms with E-state index in [1.54, 1.807) is 6.33 Å². The number of aromatic amines is 1. The lowest BCUT2D eigenvalue weighted by Gasteiger charge is -2.20. The number of hydrogen-bond donors (Lipinski definition) is 1. The van der Waals surface area contributed by atoms with E-state index in [0.29, 0.717) is 5.69 Å². The van der Waals surface area contributed by atoms with Crippen LogP contribution in [0, 0.1) is 0 Å². The number of aromatic nitrogens is 4. The van der Waals surface area contributed by atoms with Crippen LogP contribution in [0.5, 0.6) is 0 Å². The molecule has 0 aliphatic heterocycles. The van der Waals surface area contributed by atoms with Crippen LogP contribution in [0.4, 0.5) is 0 Å². The lowest BCUT2D eigenvalue weighted by atomic mass is 10.1. The van der Waals surface area contributed by atoms with Crippen LogP contribution in [0.2, 0.25) is 0 Å². The normalized spacial score (nSPS) is 11.1.